The van der Waals surface area contributed by atoms with E-state index in [1.807, 2.05) is 6.26 Å². The van der Waals surface area contributed by atoms with Crippen LogP contribution in [0.1, 0.15) is 24.8 Å². The first-order valence-electron chi connectivity index (χ1n) is 5.21. The van der Waals surface area contributed by atoms with Crippen molar-refractivity contribution in [1.29, 1.82) is 0 Å². The van der Waals surface area contributed by atoms with Gasteiger partial charge in [0.25, 0.3) is 0 Å². The van der Waals surface area contributed by atoms with Crippen LogP contribution in [0.2, 0.25) is 0 Å². The topological polar surface area (TPSA) is 16.4 Å². The molecule has 2 nitrogen and oxygen atoms in total. The van der Waals surface area contributed by atoms with E-state index in [4.69, 9.17) is 4.42 Å². The SMILES string of the molecule is Brc1cc(CN2CCC3(CC3)C2)co1. The molecule has 1 aromatic heterocycles. The second-order valence-corrected chi connectivity index (χ2v) is 5.50. The Kier molecular flexibility index (Phi) is 1.99. The van der Waals surface area contributed by atoms with Crippen LogP contribution in [-0.4, -0.2) is 18.0 Å². The standard InChI is InChI=1S/C11H14BrNO/c12-10-5-9(7-14-10)6-13-4-3-11(8-13)1-2-11/h5,7H,1-4,6,8H2. The number of nitrogens with zero attached hydrogens (tertiary/aromatic N) is 1. The maximum Gasteiger partial charge on any atom is 0.169 e. The van der Waals surface area contributed by atoms with E-state index in [1.54, 1.807) is 0 Å². The first kappa shape index (κ1) is 8.98. The van der Waals surface area contributed by atoms with Crippen molar-refractivity contribution in [3.63, 3.8) is 0 Å². The highest BCUT2D eigenvalue weighted by molar-refractivity contribution is 9.10. The summed E-state index contributed by atoms with van der Waals surface area (Å²) in [4.78, 5) is 2.55. The van der Waals surface area contributed by atoms with E-state index in [2.05, 4.69) is 26.9 Å². The van der Waals surface area contributed by atoms with Crippen molar-refractivity contribution in [2.75, 3.05) is 13.1 Å². The Morgan fingerprint density at radius 2 is 2.29 bits per heavy atom. The Labute approximate surface area is 92.4 Å². The van der Waals surface area contributed by atoms with Crippen LogP contribution in [0.3, 0.4) is 0 Å². The van der Waals surface area contributed by atoms with Gasteiger partial charge in [0.2, 0.25) is 0 Å². The molecule has 3 rings (SSSR count). The van der Waals surface area contributed by atoms with Gasteiger partial charge in [0.1, 0.15) is 0 Å². The van der Waals surface area contributed by atoms with Crippen molar-refractivity contribution in [1.82, 2.24) is 4.90 Å². The van der Waals surface area contributed by atoms with Crippen LogP contribution in [0.25, 0.3) is 0 Å². The number of furan rings is 1. The molecule has 1 aliphatic heterocycles. The van der Waals surface area contributed by atoms with E-state index in [1.165, 1.54) is 37.9 Å². The summed E-state index contributed by atoms with van der Waals surface area (Å²) in [5.41, 5.74) is 2.02. The number of hydrogen-bond donors (Lipinski definition) is 0. The molecule has 2 aliphatic rings. The van der Waals surface area contributed by atoms with Crippen LogP contribution < -0.4 is 0 Å². The van der Waals surface area contributed by atoms with E-state index in [-0.39, 0.29) is 0 Å². The summed E-state index contributed by atoms with van der Waals surface area (Å²) in [5.74, 6) is 0. The molecule has 1 aliphatic carbocycles. The highest BCUT2D eigenvalue weighted by Gasteiger charge is 2.47. The Morgan fingerprint density at radius 3 is 2.86 bits per heavy atom. The zero-order valence-electron chi connectivity index (χ0n) is 8.13. The van der Waals surface area contributed by atoms with Gasteiger partial charge >= 0.3 is 0 Å². The number of halogens is 1. The van der Waals surface area contributed by atoms with Crippen LogP contribution in [0.5, 0.6) is 0 Å². The predicted molar refractivity (Wildman–Crippen MR) is 58.0 cm³/mol. The molecule has 2 heterocycles. The largest absolute Gasteiger partial charge is 0.457 e. The molecule has 2 fully saturated rings. The van der Waals surface area contributed by atoms with Gasteiger partial charge in [0, 0.05) is 18.7 Å². The molecular weight excluding hydrogens is 242 g/mol. The van der Waals surface area contributed by atoms with Gasteiger partial charge in [0.05, 0.1) is 6.26 Å². The summed E-state index contributed by atoms with van der Waals surface area (Å²) < 4.78 is 6.07. The molecule has 0 amide bonds. The molecule has 0 N–H and O–H groups in total. The van der Waals surface area contributed by atoms with Crippen LogP contribution in [0.4, 0.5) is 0 Å². The normalized spacial score (nSPS) is 24.6. The third-order valence-corrected chi connectivity index (χ3v) is 3.92. The Balaban J connectivity index is 1.63. The van der Waals surface area contributed by atoms with Gasteiger partial charge in [0.15, 0.2) is 4.67 Å². The van der Waals surface area contributed by atoms with Crippen molar-refractivity contribution in [3.05, 3.63) is 22.6 Å². The predicted octanol–water partition coefficient (Wildman–Crippen LogP) is 3.03. The van der Waals surface area contributed by atoms with Gasteiger partial charge < -0.3 is 4.42 Å². The number of likely N-dealkylation sites (tertiary alicyclic amines) is 1. The minimum atomic E-state index is 0.737. The average molecular weight is 256 g/mol. The van der Waals surface area contributed by atoms with Gasteiger partial charge in [-0.3, -0.25) is 4.90 Å². The summed E-state index contributed by atoms with van der Waals surface area (Å²) >= 11 is 3.33. The molecule has 0 atom stereocenters. The maximum atomic E-state index is 5.23. The van der Waals surface area contributed by atoms with E-state index in [0.717, 1.165) is 16.6 Å². The molecule has 0 aromatic carbocycles. The summed E-state index contributed by atoms with van der Waals surface area (Å²) in [6.45, 7) is 3.62. The first-order chi connectivity index (χ1) is 6.76. The van der Waals surface area contributed by atoms with E-state index in [9.17, 15) is 0 Å². The van der Waals surface area contributed by atoms with Crippen molar-refractivity contribution in [2.24, 2.45) is 5.41 Å². The van der Waals surface area contributed by atoms with Crippen molar-refractivity contribution in [3.8, 4) is 0 Å². The van der Waals surface area contributed by atoms with E-state index < -0.39 is 0 Å². The Morgan fingerprint density at radius 1 is 1.43 bits per heavy atom. The van der Waals surface area contributed by atoms with Crippen LogP contribution >= 0.6 is 15.9 Å². The second kappa shape index (κ2) is 3.11. The lowest BCUT2D eigenvalue weighted by molar-refractivity contribution is 0.311. The van der Waals surface area contributed by atoms with Crippen LogP contribution in [0.15, 0.2) is 21.4 Å². The number of rotatable bonds is 2. The summed E-state index contributed by atoms with van der Waals surface area (Å²) in [5, 5.41) is 0. The van der Waals surface area contributed by atoms with E-state index in [0.29, 0.717) is 0 Å². The monoisotopic (exact) mass is 255 g/mol. The zero-order valence-corrected chi connectivity index (χ0v) is 9.72. The number of hydrogen-bond acceptors (Lipinski definition) is 2. The Hall–Kier alpha value is -0.280. The molecule has 0 bridgehead atoms. The summed E-state index contributed by atoms with van der Waals surface area (Å²) in [7, 11) is 0. The molecule has 1 saturated carbocycles. The smallest absolute Gasteiger partial charge is 0.169 e. The van der Waals surface area contributed by atoms with Gasteiger partial charge in [-0.05, 0) is 53.2 Å². The molecule has 1 spiro atoms. The van der Waals surface area contributed by atoms with Crippen LogP contribution in [0, 0.1) is 5.41 Å². The molecule has 76 valence electrons. The van der Waals surface area contributed by atoms with E-state index >= 15 is 0 Å². The molecule has 1 aromatic rings. The molecule has 3 heteroatoms. The fraction of sp³-hybridized carbons (Fsp3) is 0.636. The lowest BCUT2D eigenvalue weighted by Gasteiger charge is -2.13. The third kappa shape index (κ3) is 1.63. The third-order valence-electron chi connectivity index (χ3n) is 3.50. The summed E-state index contributed by atoms with van der Waals surface area (Å²) in [6, 6.07) is 2.07. The highest BCUT2D eigenvalue weighted by atomic mass is 79.9. The molecule has 14 heavy (non-hydrogen) atoms. The highest BCUT2D eigenvalue weighted by Crippen LogP contribution is 2.52. The second-order valence-electron chi connectivity index (χ2n) is 4.72. The lowest BCUT2D eigenvalue weighted by atomic mass is 10.1. The zero-order chi connectivity index (χ0) is 9.60. The fourth-order valence-corrected chi connectivity index (χ4v) is 2.82. The van der Waals surface area contributed by atoms with Gasteiger partial charge in [-0.2, -0.15) is 0 Å². The van der Waals surface area contributed by atoms with Crippen LogP contribution in [-0.2, 0) is 6.54 Å². The van der Waals surface area contributed by atoms with Gasteiger partial charge in [-0.25, -0.2) is 0 Å². The van der Waals surface area contributed by atoms with Gasteiger partial charge in [-0.1, -0.05) is 0 Å². The quantitative estimate of drug-likeness (QED) is 0.808. The first-order valence-corrected chi connectivity index (χ1v) is 6.00. The van der Waals surface area contributed by atoms with Crippen molar-refractivity contribution < 1.29 is 4.42 Å². The van der Waals surface area contributed by atoms with Gasteiger partial charge in [-0.15, -0.1) is 0 Å². The molecule has 1 saturated heterocycles. The maximum absolute atomic E-state index is 5.23. The minimum absolute atomic E-state index is 0.737. The van der Waals surface area contributed by atoms with Crippen molar-refractivity contribution >= 4 is 15.9 Å². The molecule has 0 unspecified atom stereocenters. The molecule has 0 radical (unpaired) electrons. The average Bonchev–Trinajstić information content (AvgIpc) is 2.58. The Bertz CT molecular complexity index is 343. The lowest BCUT2D eigenvalue weighted by Crippen LogP contribution is -2.19. The minimum Gasteiger partial charge on any atom is -0.457 e. The molecular formula is C11H14BrNO. The van der Waals surface area contributed by atoms with Crippen molar-refractivity contribution in [2.45, 2.75) is 25.8 Å². The fourth-order valence-electron chi connectivity index (χ4n) is 2.43. The summed E-state index contributed by atoms with van der Waals surface area (Å²) in [6.07, 6.45) is 6.17.